The number of nitrogen functional groups attached to an aromatic ring is 1. The van der Waals surface area contributed by atoms with Crippen LogP contribution in [0, 0.1) is 5.41 Å². The number of fused-ring (bicyclic) bond motifs is 1. The summed E-state index contributed by atoms with van der Waals surface area (Å²) < 4.78 is 0. The van der Waals surface area contributed by atoms with E-state index < -0.39 is 5.41 Å². The van der Waals surface area contributed by atoms with E-state index in [1.54, 1.807) is 0 Å². The number of hydrogen-bond donors (Lipinski definition) is 2. The SMILES string of the molecule is Nc1ccc2c(c1)C[C@@]1(CC(=O)NC1=O)C2. The standard InChI is InChI=1S/C12H12N2O2/c13-9-2-1-7-4-12(5-8(7)3-9)6-10(15)14-11(12)16/h1-3H,4-6,13H2,(H,14,15,16)/t12-/m1/s1. The van der Waals surface area contributed by atoms with Crippen LogP contribution in [0.25, 0.3) is 0 Å². The molecule has 4 nitrogen and oxygen atoms in total. The van der Waals surface area contributed by atoms with Gasteiger partial charge in [0.15, 0.2) is 0 Å². The van der Waals surface area contributed by atoms with Crippen molar-refractivity contribution in [2.45, 2.75) is 19.3 Å². The zero-order valence-corrected chi connectivity index (χ0v) is 8.75. The van der Waals surface area contributed by atoms with Gasteiger partial charge in [-0.1, -0.05) is 6.07 Å². The third-order valence-corrected chi connectivity index (χ3v) is 3.52. The first-order valence-corrected chi connectivity index (χ1v) is 5.31. The second-order valence-electron chi connectivity index (χ2n) is 4.72. The molecule has 1 aliphatic carbocycles. The zero-order valence-electron chi connectivity index (χ0n) is 8.75. The normalized spacial score (nSPS) is 27.2. The second kappa shape index (κ2) is 2.84. The van der Waals surface area contributed by atoms with Crippen molar-refractivity contribution in [3.8, 4) is 0 Å². The van der Waals surface area contributed by atoms with Crippen LogP contribution in [-0.4, -0.2) is 11.8 Å². The number of benzene rings is 1. The summed E-state index contributed by atoms with van der Waals surface area (Å²) >= 11 is 0. The van der Waals surface area contributed by atoms with E-state index in [9.17, 15) is 9.59 Å². The van der Waals surface area contributed by atoms with E-state index in [1.165, 1.54) is 0 Å². The van der Waals surface area contributed by atoms with E-state index in [-0.39, 0.29) is 11.8 Å². The Balaban J connectivity index is 2.01. The van der Waals surface area contributed by atoms with E-state index in [1.807, 2.05) is 18.2 Å². The Bertz CT molecular complexity index is 510. The van der Waals surface area contributed by atoms with Gasteiger partial charge in [0.1, 0.15) is 0 Å². The van der Waals surface area contributed by atoms with Gasteiger partial charge >= 0.3 is 0 Å². The molecule has 3 N–H and O–H groups in total. The summed E-state index contributed by atoms with van der Waals surface area (Å²) in [7, 11) is 0. The van der Waals surface area contributed by atoms with Crippen molar-refractivity contribution in [1.82, 2.24) is 5.32 Å². The molecule has 1 aliphatic heterocycles. The number of hydrogen-bond acceptors (Lipinski definition) is 3. The number of imide groups is 1. The summed E-state index contributed by atoms with van der Waals surface area (Å²) in [5.41, 5.74) is 8.13. The van der Waals surface area contributed by atoms with Crippen LogP contribution in [0.2, 0.25) is 0 Å². The fraction of sp³-hybridized carbons (Fsp3) is 0.333. The molecule has 1 atom stereocenters. The summed E-state index contributed by atoms with van der Waals surface area (Å²) in [6.07, 6.45) is 1.59. The van der Waals surface area contributed by atoms with Crippen molar-refractivity contribution in [2.24, 2.45) is 5.41 Å². The summed E-state index contributed by atoms with van der Waals surface area (Å²) in [5.74, 6) is -0.293. The molecule has 2 aliphatic rings. The Morgan fingerprint density at radius 3 is 2.56 bits per heavy atom. The van der Waals surface area contributed by atoms with E-state index >= 15 is 0 Å². The van der Waals surface area contributed by atoms with Crippen molar-refractivity contribution in [2.75, 3.05) is 5.73 Å². The van der Waals surface area contributed by atoms with Crippen LogP contribution in [0.5, 0.6) is 0 Å². The largest absolute Gasteiger partial charge is 0.399 e. The molecule has 1 spiro atoms. The highest BCUT2D eigenvalue weighted by Gasteiger charge is 2.50. The smallest absolute Gasteiger partial charge is 0.233 e. The summed E-state index contributed by atoms with van der Waals surface area (Å²) in [4.78, 5) is 23.1. The molecule has 1 heterocycles. The molecule has 0 saturated carbocycles. The quantitative estimate of drug-likeness (QED) is 0.487. The Kier molecular flexibility index (Phi) is 1.67. The molecular formula is C12H12N2O2. The van der Waals surface area contributed by atoms with Gasteiger partial charge in [0.25, 0.3) is 0 Å². The van der Waals surface area contributed by atoms with E-state index in [0.717, 1.165) is 11.1 Å². The van der Waals surface area contributed by atoms with Gasteiger partial charge < -0.3 is 5.73 Å². The molecule has 0 radical (unpaired) electrons. The lowest BCUT2D eigenvalue weighted by Crippen LogP contribution is -2.32. The average molecular weight is 216 g/mol. The molecule has 2 amide bonds. The van der Waals surface area contributed by atoms with Gasteiger partial charge in [-0.2, -0.15) is 0 Å². The zero-order chi connectivity index (χ0) is 11.3. The Labute approximate surface area is 92.8 Å². The predicted molar refractivity (Wildman–Crippen MR) is 58.5 cm³/mol. The number of carbonyl (C=O) groups is 2. The first-order chi connectivity index (χ1) is 7.59. The van der Waals surface area contributed by atoms with Crippen molar-refractivity contribution in [3.63, 3.8) is 0 Å². The van der Waals surface area contributed by atoms with E-state index in [4.69, 9.17) is 5.73 Å². The van der Waals surface area contributed by atoms with Crippen molar-refractivity contribution in [1.29, 1.82) is 0 Å². The maximum atomic E-state index is 11.8. The van der Waals surface area contributed by atoms with Crippen LogP contribution in [0.4, 0.5) is 5.69 Å². The number of rotatable bonds is 0. The van der Waals surface area contributed by atoms with Crippen LogP contribution >= 0.6 is 0 Å². The molecule has 0 bridgehead atoms. The van der Waals surface area contributed by atoms with Crippen molar-refractivity contribution >= 4 is 17.5 Å². The number of nitrogens with two attached hydrogens (primary N) is 1. The fourth-order valence-corrected chi connectivity index (χ4v) is 2.75. The highest BCUT2D eigenvalue weighted by molar-refractivity contribution is 6.06. The van der Waals surface area contributed by atoms with Gasteiger partial charge in [0, 0.05) is 12.1 Å². The molecule has 1 aromatic carbocycles. The summed E-state index contributed by atoms with van der Waals surface area (Å²) in [5, 5.41) is 2.39. The van der Waals surface area contributed by atoms with Crippen LogP contribution < -0.4 is 11.1 Å². The maximum Gasteiger partial charge on any atom is 0.233 e. The molecule has 3 rings (SSSR count). The molecule has 1 fully saturated rings. The minimum absolute atomic E-state index is 0.132. The molecule has 16 heavy (non-hydrogen) atoms. The first-order valence-electron chi connectivity index (χ1n) is 5.31. The minimum atomic E-state index is -0.535. The van der Waals surface area contributed by atoms with Crippen LogP contribution in [0.15, 0.2) is 18.2 Å². The fourth-order valence-electron chi connectivity index (χ4n) is 2.75. The molecule has 1 aromatic rings. The lowest BCUT2D eigenvalue weighted by atomic mass is 9.83. The topological polar surface area (TPSA) is 72.2 Å². The number of amides is 2. The van der Waals surface area contributed by atoms with Gasteiger partial charge in [-0.3, -0.25) is 14.9 Å². The maximum absolute atomic E-state index is 11.8. The van der Waals surface area contributed by atoms with E-state index in [0.29, 0.717) is 24.9 Å². The van der Waals surface area contributed by atoms with Gasteiger partial charge in [-0.25, -0.2) is 0 Å². The van der Waals surface area contributed by atoms with Crippen molar-refractivity contribution < 1.29 is 9.59 Å². The first kappa shape index (κ1) is 9.39. The molecule has 1 saturated heterocycles. The summed E-state index contributed by atoms with van der Waals surface area (Å²) in [6, 6.07) is 5.70. The lowest BCUT2D eigenvalue weighted by molar-refractivity contribution is -0.128. The summed E-state index contributed by atoms with van der Waals surface area (Å²) in [6.45, 7) is 0. The highest BCUT2D eigenvalue weighted by Crippen LogP contribution is 2.42. The van der Waals surface area contributed by atoms with Crippen LogP contribution in [0.3, 0.4) is 0 Å². The predicted octanol–water partition coefficient (Wildman–Crippen LogP) is 0.400. The lowest BCUT2D eigenvalue weighted by Gasteiger charge is -2.16. The molecule has 82 valence electrons. The Morgan fingerprint density at radius 1 is 1.12 bits per heavy atom. The van der Waals surface area contributed by atoms with Gasteiger partial charge in [-0.15, -0.1) is 0 Å². The van der Waals surface area contributed by atoms with E-state index in [2.05, 4.69) is 5.32 Å². The molecule has 0 aromatic heterocycles. The third-order valence-electron chi connectivity index (χ3n) is 3.52. The Morgan fingerprint density at radius 2 is 1.88 bits per heavy atom. The Hall–Kier alpha value is -1.84. The second-order valence-corrected chi connectivity index (χ2v) is 4.72. The molecule has 4 heteroatoms. The number of nitrogens with one attached hydrogen (secondary N) is 1. The minimum Gasteiger partial charge on any atom is -0.399 e. The molecule has 0 unspecified atom stereocenters. The van der Waals surface area contributed by atoms with Gasteiger partial charge in [0.2, 0.25) is 11.8 Å². The number of anilines is 1. The third kappa shape index (κ3) is 1.16. The molecular weight excluding hydrogens is 204 g/mol. The van der Waals surface area contributed by atoms with Gasteiger partial charge in [-0.05, 0) is 36.1 Å². The van der Waals surface area contributed by atoms with Gasteiger partial charge in [0.05, 0.1) is 5.41 Å². The average Bonchev–Trinajstić information content (AvgIpc) is 2.67. The van der Waals surface area contributed by atoms with Crippen molar-refractivity contribution in [3.05, 3.63) is 29.3 Å². The van der Waals surface area contributed by atoms with Crippen LogP contribution in [-0.2, 0) is 22.4 Å². The highest BCUT2D eigenvalue weighted by atomic mass is 16.2. The van der Waals surface area contributed by atoms with Crippen LogP contribution in [0.1, 0.15) is 17.5 Å². The monoisotopic (exact) mass is 216 g/mol. The number of carbonyl (C=O) groups excluding carboxylic acids is 2.